The van der Waals surface area contributed by atoms with Crippen LogP contribution in [-0.2, 0) is 13.0 Å². The summed E-state index contributed by atoms with van der Waals surface area (Å²) in [6, 6.07) is 21.7. The molecule has 4 aromatic heterocycles. The van der Waals surface area contributed by atoms with Gasteiger partial charge >= 0.3 is 0 Å². The fourth-order valence-electron chi connectivity index (χ4n) is 3.90. The van der Waals surface area contributed by atoms with Gasteiger partial charge in [-0.3, -0.25) is 9.36 Å². The molecule has 0 aliphatic carbocycles. The van der Waals surface area contributed by atoms with Crippen molar-refractivity contribution >= 4 is 50.8 Å². The largest absolute Gasteiger partial charge is 0.298 e. The van der Waals surface area contributed by atoms with Gasteiger partial charge in [-0.2, -0.15) is 9.78 Å². The maximum Gasteiger partial charge on any atom is 0.265 e. The van der Waals surface area contributed by atoms with E-state index in [1.54, 1.807) is 33.1 Å². The summed E-state index contributed by atoms with van der Waals surface area (Å²) in [4.78, 5) is 28.7. The first-order chi connectivity index (χ1) is 16.3. The van der Waals surface area contributed by atoms with Gasteiger partial charge in [0.05, 0.1) is 23.6 Å². The molecule has 7 nitrogen and oxygen atoms in total. The van der Waals surface area contributed by atoms with Crippen molar-refractivity contribution in [1.82, 2.24) is 24.2 Å². The molecule has 0 spiro atoms. The third-order valence-corrected chi connectivity index (χ3v) is 6.34. The molecule has 33 heavy (non-hydrogen) atoms. The molecule has 160 valence electrons. The van der Waals surface area contributed by atoms with Crippen molar-refractivity contribution in [2.45, 2.75) is 13.0 Å². The fourth-order valence-corrected chi connectivity index (χ4v) is 4.48. The minimum absolute atomic E-state index is 0.143. The average Bonchev–Trinajstić information content (AvgIpc) is 3.48. The van der Waals surface area contributed by atoms with Crippen LogP contribution >= 0.6 is 11.3 Å². The average molecular weight is 451 g/mol. The van der Waals surface area contributed by atoms with Gasteiger partial charge in [-0.05, 0) is 35.6 Å². The van der Waals surface area contributed by atoms with Crippen LogP contribution in [0.4, 0.5) is 0 Å². The zero-order chi connectivity index (χ0) is 22.2. The molecular weight excluding hydrogens is 432 g/mol. The summed E-state index contributed by atoms with van der Waals surface area (Å²) >= 11 is 1.58. The third kappa shape index (κ3) is 3.50. The minimum Gasteiger partial charge on any atom is -0.298 e. The monoisotopic (exact) mass is 450 g/mol. The van der Waals surface area contributed by atoms with E-state index in [2.05, 4.69) is 22.2 Å². The van der Waals surface area contributed by atoms with Gasteiger partial charge in [0.25, 0.3) is 5.56 Å². The van der Waals surface area contributed by atoms with Crippen molar-refractivity contribution in [3.63, 3.8) is 0 Å². The van der Waals surface area contributed by atoms with Gasteiger partial charge in [0, 0.05) is 11.4 Å². The lowest BCUT2D eigenvalue weighted by molar-refractivity contribution is 0.661. The number of aromatic nitrogens is 5. The molecule has 0 aliphatic heterocycles. The van der Waals surface area contributed by atoms with Gasteiger partial charge in [-0.1, -0.05) is 48.5 Å². The Kier molecular flexibility index (Phi) is 4.77. The number of rotatable bonds is 5. The lowest BCUT2D eigenvalue weighted by atomic mass is 10.1. The Labute approximate surface area is 192 Å². The number of fused-ring (bicyclic) bond motifs is 4. The Balaban J connectivity index is 1.55. The van der Waals surface area contributed by atoms with Crippen LogP contribution in [0.2, 0.25) is 0 Å². The van der Waals surface area contributed by atoms with Crippen LogP contribution in [0.3, 0.4) is 0 Å². The SMILES string of the molecule is O=c1c2c3nc4ccccc4nc3n(/N=C/c3cccs3)c2ncn1CCc1ccccc1. The molecule has 0 N–H and O–H groups in total. The summed E-state index contributed by atoms with van der Waals surface area (Å²) in [7, 11) is 0. The van der Waals surface area contributed by atoms with Crippen LogP contribution in [0.15, 0.2) is 88.3 Å². The standard InChI is InChI=1S/C25H18N6OS/c32-25-21-22-24(29-20-11-5-4-10-19(20)28-22)31(27-15-18-9-6-14-33-18)23(21)26-16-30(25)13-12-17-7-2-1-3-8-17/h1-11,14-16H,12-13H2/b27-15+. The second kappa shape index (κ2) is 8.07. The molecule has 2 aromatic carbocycles. The second-order valence-electron chi connectivity index (χ2n) is 7.63. The number of para-hydroxylation sites is 2. The number of nitrogens with zero attached hydrogens (tertiary/aromatic N) is 6. The molecule has 6 aromatic rings. The Hall–Kier alpha value is -4.17. The van der Waals surface area contributed by atoms with Gasteiger partial charge in [0.15, 0.2) is 11.3 Å². The van der Waals surface area contributed by atoms with Gasteiger partial charge in [-0.15, -0.1) is 11.3 Å². The Morgan fingerprint density at radius 2 is 1.70 bits per heavy atom. The molecule has 0 atom stereocenters. The van der Waals surface area contributed by atoms with Crippen molar-refractivity contribution < 1.29 is 0 Å². The second-order valence-corrected chi connectivity index (χ2v) is 8.61. The molecule has 0 saturated heterocycles. The molecule has 0 saturated carbocycles. The number of thiophene rings is 1. The highest BCUT2D eigenvalue weighted by atomic mass is 32.1. The van der Waals surface area contributed by atoms with Gasteiger partial charge < -0.3 is 0 Å². The van der Waals surface area contributed by atoms with Crippen LogP contribution in [0.1, 0.15) is 10.4 Å². The quantitative estimate of drug-likeness (QED) is 0.363. The number of benzene rings is 2. The molecule has 0 unspecified atom stereocenters. The van der Waals surface area contributed by atoms with Crippen LogP contribution in [0.5, 0.6) is 0 Å². The minimum atomic E-state index is -0.143. The molecule has 0 bridgehead atoms. The molecule has 0 radical (unpaired) electrons. The molecule has 6 rings (SSSR count). The topological polar surface area (TPSA) is 78.0 Å². The highest BCUT2D eigenvalue weighted by Crippen LogP contribution is 2.25. The molecule has 4 heterocycles. The van der Waals surface area contributed by atoms with E-state index in [9.17, 15) is 4.79 Å². The van der Waals surface area contributed by atoms with Crippen LogP contribution in [0.25, 0.3) is 33.2 Å². The highest BCUT2D eigenvalue weighted by molar-refractivity contribution is 7.11. The maximum atomic E-state index is 13.5. The van der Waals surface area contributed by atoms with E-state index < -0.39 is 0 Å². The fraction of sp³-hybridized carbons (Fsp3) is 0.0800. The summed E-state index contributed by atoms with van der Waals surface area (Å²) in [5.41, 5.74) is 3.97. The zero-order valence-electron chi connectivity index (χ0n) is 17.5. The first-order valence-electron chi connectivity index (χ1n) is 10.6. The van der Waals surface area contributed by atoms with Gasteiger partial charge in [0.2, 0.25) is 0 Å². The summed E-state index contributed by atoms with van der Waals surface area (Å²) < 4.78 is 3.26. The van der Waals surface area contributed by atoms with E-state index in [4.69, 9.17) is 9.97 Å². The van der Waals surface area contributed by atoms with Crippen molar-refractivity contribution in [2.75, 3.05) is 0 Å². The highest BCUT2D eigenvalue weighted by Gasteiger charge is 2.19. The van der Waals surface area contributed by atoms with E-state index in [-0.39, 0.29) is 5.56 Å². The van der Waals surface area contributed by atoms with E-state index in [1.807, 2.05) is 60.0 Å². The molecule has 0 fully saturated rings. The first-order valence-corrected chi connectivity index (χ1v) is 11.4. The van der Waals surface area contributed by atoms with Crippen molar-refractivity contribution in [2.24, 2.45) is 5.10 Å². The number of hydrogen-bond acceptors (Lipinski definition) is 6. The van der Waals surface area contributed by atoms with Gasteiger partial charge in [-0.25, -0.2) is 15.0 Å². The van der Waals surface area contributed by atoms with Crippen LogP contribution < -0.4 is 5.56 Å². The van der Waals surface area contributed by atoms with Gasteiger partial charge in [0.1, 0.15) is 10.9 Å². The normalized spacial score (nSPS) is 11.9. The van der Waals surface area contributed by atoms with Crippen molar-refractivity contribution in [3.8, 4) is 0 Å². The summed E-state index contributed by atoms with van der Waals surface area (Å²) in [5, 5.41) is 7.05. The van der Waals surface area contributed by atoms with E-state index in [0.29, 0.717) is 28.7 Å². The van der Waals surface area contributed by atoms with E-state index >= 15 is 0 Å². The van der Waals surface area contributed by atoms with E-state index in [0.717, 1.165) is 22.3 Å². The molecular formula is C25H18N6OS. The van der Waals surface area contributed by atoms with E-state index in [1.165, 1.54) is 5.56 Å². The Bertz CT molecular complexity index is 1680. The number of hydrogen-bond donors (Lipinski definition) is 0. The first kappa shape index (κ1) is 19.5. The summed E-state index contributed by atoms with van der Waals surface area (Å²) in [6.07, 6.45) is 4.07. The van der Waals surface area contributed by atoms with Crippen LogP contribution in [-0.4, -0.2) is 30.4 Å². The van der Waals surface area contributed by atoms with Crippen molar-refractivity contribution in [1.29, 1.82) is 0 Å². The third-order valence-electron chi connectivity index (χ3n) is 5.54. The summed E-state index contributed by atoms with van der Waals surface area (Å²) in [5.74, 6) is 0. The Morgan fingerprint density at radius 1 is 0.909 bits per heavy atom. The molecule has 0 aliphatic rings. The predicted molar refractivity (Wildman–Crippen MR) is 132 cm³/mol. The van der Waals surface area contributed by atoms with Crippen molar-refractivity contribution in [3.05, 3.63) is 99.2 Å². The number of aryl methyl sites for hydroxylation is 2. The smallest absolute Gasteiger partial charge is 0.265 e. The molecule has 8 heteroatoms. The maximum absolute atomic E-state index is 13.5. The zero-order valence-corrected chi connectivity index (χ0v) is 18.3. The lowest BCUT2D eigenvalue weighted by Gasteiger charge is -2.05. The summed E-state index contributed by atoms with van der Waals surface area (Å²) in [6.45, 7) is 0.526. The lowest BCUT2D eigenvalue weighted by Crippen LogP contribution is -2.21. The predicted octanol–water partition coefficient (Wildman–Crippen LogP) is 4.48. The Morgan fingerprint density at radius 3 is 2.48 bits per heavy atom. The van der Waals surface area contributed by atoms with Crippen LogP contribution in [0, 0.1) is 0 Å². The molecule has 0 amide bonds.